The van der Waals surface area contributed by atoms with Gasteiger partial charge in [0, 0.05) is 36.8 Å². The van der Waals surface area contributed by atoms with Gasteiger partial charge in [0.05, 0.1) is 11.9 Å². The Morgan fingerprint density at radius 2 is 2.00 bits per heavy atom. The van der Waals surface area contributed by atoms with Crippen molar-refractivity contribution >= 4 is 12.2 Å². The predicted molar refractivity (Wildman–Crippen MR) is 74.9 cm³/mol. The van der Waals surface area contributed by atoms with Crippen LogP contribution in [0.25, 0.3) is 22.6 Å². The molecule has 0 radical (unpaired) electrons. The maximum absolute atomic E-state index is 5.22. The van der Waals surface area contributed by atoms with Crippen LogP contribution in [0, 0.1) is 4.64 Å². The number of hydrogen-bond donors (Lipinski definition) is 1. The number of hydrogen-bond acceptors (Lipinski definition) is 4. The van der Waals surface area contributed by atoms with Gasteiger partial charge in [-0.3, -0.25) is 9.67 Å². The normalized spacial score (nSPS) is 10.6. The molecule has 6 heteroatoms. The fraction of sp³-hybridized carbons (Fsp3) is 0.0769. The largest absolute Gasteiger partial charge is 0.339 e. The zero-order chi connectivity index (χ0) is 13.2. The first-order valence-corrected chi connectivity index (χ1v) is 6.14. The lowest BCUT2D eigenvalue weighted by Crippen LogP contribution is -1.92. The van der Waals surface area contributed by atoms with Crippen LogP contribution in [0.3, 0.4) is 0 Å². The summed E-state index contributed by atoms with van der Waals surface area (Å²) in [5, 5.41) is 4.16. The van der Waals surface area contributed by atoms with E-state index in [2.05, 4.69) is 20.1 Å². The molecule has 0 fully saturated rings. The molecule has 0 spiro atoms. The molecule has 0 bridgehead atoms. The molecule has 0 aliphatic heterocycles. The molecule has 0 saturated heterocycles. The van der Waals surface area contributed by atoms with Crippen molar-refractivity contribution in [1.29, 1.82) is 0 Å². The van der Waals surface area contributed by atoms with Crippen LogP contribution < -0.4 is 0 Å². The molecule has 0 aliphatic rings. The summed E-state index contributed by atoms with van der Waals surface area (Å²) in [5.41, 5.74) is 2.83. The second-order valence-electron chi connectivity index (χ2n) is 4.12. The minimum absolute atomic E-state index is 0.546. The van der Waals surface area contributed by atoms with Crippen molar-refractivity contribution in [2.24, 2.45) is 7.05 Å². The summed E-state index contributed by atoms with van der Waals surface area (Å²) in [5.74, 6) is 0.730. The first-order valence-electron chi connectivity index (χ1n) is 5.73. The fourth-order valence-corrected chi connectivity index (χ4v) is 2.03. The molecule has 5 nitrogen and oxygen atoms in total. The Balaban J connectivity index is 2.14. The van der Waals surface area contributed by atoms with Gasteiger partial charge in [-0.15, -0.1) is 0 Å². The molecule has 3 heterocycles. The van der Waals surface area contributed by atoms with E-state index < -0.39 is 0 Å². The summed E-state index contributed by atoms with van der Waals surface area (Å²) in [6, 6.07) is 5.61. The van der Waals surface area contributed by atoms with Crippen molar-refractivity contribution in [2.45, 2.75) is 0 Å². The summed E-state index contributed by atoms with van der Waals surface area (Å²) in [7, 11) is 1.88. The van der Waals surface area contributed by atoms with Gasteiger partial charge < -0.3 is 4.98 Å². The van der Waals surface area contributed by atoms with Crippen LogP contribution in [0.15, 0.2) is 43.0 Å². The topological polar surface area (TPSA) is 59.4 Å². The van der Waals surface area contributed by atoms with Crippen LogP contribution in [0.5, 0.6) is 0 Å². The van der Waals surface area contributed by atoms with E-state index >= 15 is 0 Å². The molecule has 94 valence electrons. The lowest BCUT2D eigenvalue weighted by atomic mass is 10.2. The smallest absolute Gasteiger partial charge is 0.139 e. The number of pyridine rings is 1. The third-order valence-electron chi connectivity index (χ3n) is 2.71. The average molecular weight is 269 g/mol. The van der Waals surface area contributed by atoms with Crippen LogP contribution in [0.4, 0.5) is 0 Å². The molecular formula is C13H11N5S. The highest BCUT2D eigenvalue weighted by molar-refractivity contribution is 7.71. The Morgan fingerprint density at radius 3 is 2.68 bits per heavy atom. The Morgan fingerprint density at radius 1 is 1.21 bits per heavy atom. The van der Waals surface area contributed by atoms with E-state index in [4.69, 9.17) is 12.2 Å². The van der Waals surface area contributed by atoms with Crippen LogP contribution in [-0.4, -0.2) is 24.7 Å². The molecule has 0 amide bonds. The van der Waals surface area contributed by atoms with Gasteiger partial charge in [-0.05, 0) is 18.2 Å². The summed E-state index contributed by atoms with van der Waals surface area (Å²) < 4.78 is 2.29. The third kappa shape index (κ3) is 2.43. The molecule has 0 saturated carbocycles. The van der Waals surface area contributed by atoms with Gasteiger partial charge in [0.2, 0.25) is 0 Å². The number of nitrogens with one attached hydrogen (secondary N) is 1. The highest BCUT2D eigenvalue weighted by Gasteiger charge is 2.05. The fourth-order valence-electron chi connectivity index (χ4n) is 1.82. The van der Waals surface area contributed by atoms with Gasteiger partial charge in [0.1, 0.15) is 10.5 Å². The number of aryl methyl sites for hydroxylation is 1. The summed E-state index contributed by atoms with van der Waals surface area (Å²) in [6.45, 7) is 0. The molecular weight excluding hydrogens is 258 g/mol. The molecule has 0 aliphatic carbocycles. The maximum atomic E-state index is 5.22. The van der Waals surface area contributed by atoms with Crippen LogP contribution >= 0.6 is 12.2 Å². The van der Waals surface area contributed by atoms with E-state index in [0.29, 0.717) is 4.64 Å². The molecule has 3 rings (SSSR count). The zero-order valence-electron chi connectivity index (χ0n) is 10.2. The van der Waals surface area contributed by atoms with Gasteiger partial charge in [-0.2, -0.15) is 5.10 Å². The van der Waals surface area contributed by atoms with Gasteiger partial charge in [-0.25, -0.2) is 4.98 Å². The van der Waals surface area contributed by atoms with Crippen molar-refractivity contribution in [3.63, 3.8) is 0 Å². The van der Waals surface area contributed by atoms with E-state index in [1.165, 1.54) is 0 Å². The van der Waals surface area contributed by atoms with Crippen molar-refractivity contribution in [3.05, 3.63) is 47.6 Å². The third-order valence-corrected chi connectivity index (χ3v) is 2.92. The van der Waals surface area contributed by atoms with E-state index in [0.717, 1.165) is 22.6 Å². The molecule has 1 N–H and O–H groups in total. The highest BCUT2D eigenvalue weighted by atomic mass is 32.1. The van der Waals surface area contributed by atoms with Gasteiger partial charge in [-0.1, -0.05) is 12.2 Å². The van der Waals surface area contributed by atoms with Crippen LogP contribution in [-0.2, 0) is 7.05 Å². The van der Waals surface area contributed by atoms with E-state index in [9.17, 15) is 0 Å². The predicted octanol–water partition coefficient (Wildman–Crippen LogP) is 2.60. The van der Waals surface area contributed by atoms with E-state index in [-0.39, 0.29) is 0 Å². The van der Waals surface area contributed by atoms with Crippen LogP contribution in [0.1, 0.15) is 0 Å². The van der Waals surface area contributed by atoms with Crippen molar-refractivity contribution in [3.8, 4) is 22.6 Å². The lowest BCUT2D eigenvalue weighted by Gasteiger charge is -2.04. The Labute approximate surface area is 115 Å². The Kier molecular flexibility index (Phi) is 2.92. The SMILES string of the molecule is Cn1cc(-c2cc(=S)nc(-c3ccncc3)[nH]2)cn1. The number of aromatic amines is 1. The molecule has 0 aromatic carbocycles. The summed E-state index contributed by atoms with van der Waals surface area (Å²) in [6.07, 6.45) is 7.17. The van der Waals surface area contributed by atoms with Gasteiger partial charge >= 0.3 is 0 Å². The Bertz CT molecular complexity index is 760. The average Bonchev–Trinajstić information content (AvgIpc) is 2.86. The summed E-state index contributed by atoms with van der Waals surface area (Å²) in [4.78, 5) is 11.6. The van der Waals surface area contributed by atoms with Gasteiger partial charge in [0.15, 0.2) is 0 Å². The first kappa shape index (κ1) is 11.7. The summed E-state index contributed by atoms with van der Waals surface area (Å²) >= 11 is 5.22. The first-order chi connectivity index (χ1) is 9.22. The van der Waals surface area contributed by atoms with Crippen molar-refractivity contribution < 1.29 is 0 Å². The standard InChI is InChI=1S/C13H11N5S/c1-18-8-10(7-15-18)11-6-12(19)17-13(16-11)9-2-4-14-5-3-9/h2-8H,1H3,(H,16,17,19). The minimum Gasteiger partial charge on any atom is -0.339 e. The van der Waals surface area contributed by atoms with Crippen molar-refractivity contribution in [1.82, 2.24) is 24.7 Å². The molecule has 3 aromatic heterocycles. The molecule has 0 unspecified atom stereocenters. The second-order valence-corrected chi connectivity index (χ2v) is 4.54. The van der Waals surface area contributed by atoms with Crippen LogP contribution in [0.2, 0.25) is 0 Å². The van der Waals surface area contributed by atoms with Gasteiger partial charge in [0.25, 0.3) is 0 Å². The van der Waals surface area contributed by atoms with Crippen molar-refractivity contribution in [2.75, 3.05) is 0 Å². The minimum atomic E-state index is 0.546. The monoisotopic (exact) mass is 269 g/mol. The highest BCUT2D eigenvalue weighted by Crippen LogP contribution is 2.20. The van der Waals surface area contributed by atoms with E-state index in [1.54, 1.807) is 23.3 Å². The van der Waals surface area contributed by atoms with E-state index in [1.807, 2.05) is 31.4 Å². The number of rotatable bonds is 2. The second kappa shape index (κ2) is 4.74. The molecule has 0 atom stereocenters. The molecule has 3 aromatic rings. The Hall–Kier alpha value is -2.34. The quantitative estimate of drug-likeness (QED) is 0.726. The number of H-pyrrole nitrogens is 1. The molecule has 19 heavy (non-hydrogen) atoms. The number of nitrogens with zero attached hydrogens (tertiary/aromatic N) is 4. The zero-order valence-corrected chi connectivity index (χ0v) is 11.1. The number of aromatic nitrogens is 5. The lowest BCUT2D eigenvalue weighted by molar-refractivity contribution is 0.768. The maximum Gasteiger partial charge on any atom is 0.139 e.